The number of amides is 1. The van der Waals surface area contributed by atoms with E-state index in [1.807, 2.05) is 23.6 Å². The van der Waals surface area contributed by atoms with E-state index in [0.717, 1.165) is 28.5 Å². The summed E-state index contributed by atoms with van der Waals surface area (Å²) in [5.41, 5.74) is 6.63. The molecule has 4 heteroatoms. The Morgan fingerprint density at radius 2 is 2.10 bits per heavy atom. The Morgan fingerprint density at radius 1 is 1.30 bits per heavy atom. The Morgan fingerprint density at radius 3 is 2.95 bits per heavy atom. The summed E-state index contributed by atoms with van der Waals surface area (Å²) >= 11 is 1.63. The van der Waals surface area contributed by atoms with Gasteiger partial charge in [-0.1, -0.05) is 31.0 Å². The van der Waals surface area contributed by atoms with Gasteiger partial charge in [-0.25, -0.2) is 0 Å². The molecule has 1 amide bonds. The smallest absolute Gasteiger partial charge is 0.252 e. The van der Waals surface area contributed by atoms with E-state index in [-0.39, 0.29) is 11.9 Å². The van der Waals surface area contributed by atoms with Crippen LogP contribution in [0.1, 0.15) is 36.0 Å². The summed E-state index contributed by atoms with van der Waals surface area (Å²) < 4.78 is 1.16. The van der Waals surface area contributed by atoms with Gasteiger partial charge in [-0.05, 0) is 31.4 Å². The highest BCUT2D eigenvalue weighted by Gasteiger charge is 2.26. The van der Waals surface area contributed by atoms with Crippen LogP contribution < -0.4 is 11.1 Å². The average molecular weight is 288 g/mol. The van der Waals surface area contributed by atoms with Gasteiger partial charge in [0.25, 0.3) is 5.91 Å². The largest absolute Gasteiger partial charge is 0.349 e. The van der Waals surface area contributed by atoms with E-state index in [1.54, 1.807) is 11.3 Å². The van der Waals surface area contributed by atoms with Gasteiger partial charge in [0.2, 0.25) is 0 Å². The van der Waals surface area contributed by atoms with E-state index in [0.29, 0.717) is 12.5 Å². The Hall–Kier alpha value is -1.39. The van der Waals surface area contributed by atoms with E-state index in [2.05, 4.69) is 11.4 Å². The second-order valence-corrected chi connectivity index (χ2v) is 6.42. The van der Waals surface area contributed by atoms with E-state index in [1.165, 1.54) is 12.8 Å². The molecule has 1 aromatic carbocycles. The molecule has 1 heterocycles. The second-order valence-electron chi connectivity index (χ2n) is 5.51. The summed E-state index contributed by atoms with van der Waals surface area (Å²) in [4.78, 5) is 12.5. The first kappa shape index (κ1) is 13.6. The van der Waals surface area contributed by atoms with Crippen molar-refractivity contribution in [1.82, 2.24) is 5.32 Å². The van der Waals surface area contributed by atoms with E-state index in [9.17, 15) is 4.79 Å². The third-order valence-electron chi connectivity index (χ3n) is 4.25. The van der Waals surface area contributed by atoms with Crippen LogP contribution in [0.3, 0.4) is 0 Å². The Kier molecular flexibility index (Phi) is 4.03. The monoisotopic (exact) mass is 288 g/mol. The first-order valence-electron chi connectivity index (χ1n) is 7.26. The molecule has 3 nitrogen and oxygen atoms in total. The fourth-order valence-electron chi connectivity index (χ4n) is 3.08. The lowest BCUT2D eigenvalue weighted by molar-refractivity contribution is 0.0910. The minimum Gasteiger partial charge on any atom is -0.349 e. The maximum Gasteiger partial charge on any atom is 0.252 e. The number of benzene rings is 1. The molecule has 1 aromatic heterocycles. The molecular weight excluding hydrogens is 268 g/mol. The van der Waals surface area contributed by atoms with Gasteiger partial charge < -0.3 is 11.1 Å². The van der Waals surface area contributed by atoms with Gasteiger partial charge in [0.05, 0.1) is 5.56 Å². The number of fused-ring (bicyclic) bond motifs is 1. The lowest BCUT2D eigenvalue weighted by Gasteiger charge is -2.31. The van der Waals surface area contributed by atoms with Gasteiger partial charge in [-0.15, -0.1) is 11.3 Å². The maximum atomic E-state index is 12.5. The van der Waals surface area contributed by atoms with Crippen molar-refractivity contribution >= 4 is 27.3 Å². The normalized spacial score (nSPS) is 22.9. The molecule has 0 bridgehead atoms. The summed E-state index contributed by atoms with van der Waals surface area (Å²) in [6.07, 6.45) is 4.60. The van der Waals surface area contributed by atoms with E-state index in [4.69, 9.17) is 5.73 Å². The molecule has 2 unspecified atom stereocenters. The van der Waals surface area contributed by atoms with Gasteiger partial charge in [0.1, 0.15) is 0 Å². The number of hydrogen-bond acceptors (Lipinski definition) is 3. The van der Waals surface area contributed by atoms with Crippen LogP contribution in [-0.2, 0) is 0 Å². The van der Waals surface area contributed by atoms with Crippen LogP contribution in [0.25, 0.3) is 10.1 Å². The van der Waals surface area contributed by atoms with Crippen LogP contribution in [0.15, 0.2) is 29.6 Å². The molecule has 3 rings (SSSR count). The first-order chi connectivity index (χ1) is 9.79. The second kappa shape index (κ2) is 5.94. The number of carbonyl (C=O) groups excluding carboxylic acids is 1. The first-order valence-corrected chi connectivity index (χ1v) is 8.14. The number of nitrogens with one attached hydrogen (secondary N) is 1. The van der Waals surface area contributed by atoms with Crippen molar-refractivity contribution in [3.63, 3.8) is 0 Å². The highest BCUT2D eigenvalue weighted by atomic mass is 32.1. The summed E-state index contributed by atoms with van der Waals surface area (Å²) in [6.45, 7) is 0.662. The lowest BCUT2D eigenvalue weighted by Crippen LogP contribution is -2.44. The predicted octanol–water partition coefficient (Wildman–Crippen LogP) is 3.15. The standard InChI is InChI=1S/C16H20N2OS/c17-9-11-5-1-3-7-14(11)18-16(19)13-10-20-15-8-4-2-6-12(13)15/h2,4,6,8,10-11,14H,1,3,5,7,9,17H2,(H,18,19). The molecule has 1 saturated carbocycles. The van der Waals surface area contributed by atoms with Gasteiger partial charge >= 0.3 is 0 Å². The summed E-state index contributed by atoms with van der Waals surface area (Å²) in [7, 11) is 0. The molecule has 3 N–H and O–H groups in total. The van der Waals surface area contributed by atoms with Crippen molar-refractivity contribution in [1.29, 1.82) is 0 Å². The lowest BCUT2D eigenvalue weighted by atomic mass is 9.84. The van der Waals surface area contributed by atoms with Crippen LogP contribution in [0, 0.1) is 5.92 Å². The fraction of sp³-hybridized carbons (Fsp3) is 0.438. The third-order valence-corrected chi connectivity index (χ3v) is 5.22. The zero-order valence-electron chi connectivity index (χ0n) is 11.5. The summed E-state index contributed by atoms with van der Waals surface area (Å²) in [5, 5.41) is 6.21. The Bertz CT molecular complexity index is 607. The number of nitrogens with two attached hydrogens (primary N) is 1. The minimum atomic E-state index is 0.0489. The molecule has 2 atom stereocenters. The molecule has 1 aliphatic rings. The summed E-state index contributed by atoms with van der Waals surface area (Å²) in [6, 6.07) is 8.29. The third kappa shape index (κ3) is 2.58. The average Bonchev–Trinajstić information content (AvgIpc) is 2.92. The number of hydrogen-bond donors (Lipinski definition) is 2. The van der Waals surface area contributed by atoms with Crippen molar-refractivity contribution in [2.75, 3.05) is 6.54 Å². The van der Waals surface area contributed by atoms with Crippen molar-refractivity contribution in [2.45, 2.75) is 31.7 Å². The highest BCUT2D eigenvalue weighted by molar-refractivity contribution is 7.17. The molecule has 0 saturated heterocycles. The zero-order chi connectivity index (χ0) is 13.9. The number of rotatable bonds is 3. The van der Waals surface area contributed by atoms with Crippen molar-refractivity contribution in [3.05, 3.63) is 35.2 Å². The molecule has 0 aliphatic heterocycles. The zero-order valence-corrected chi connectivity index (χ0v) is 12.3. The minimum absolute atomic E-state index is 0.0489. The van der Waals surface area contributed by atoms with Crippen LogP contribution in [-0.4, -0.2) is 18.5 Å². The topological polar surface area (TPSA) is 55.1 Å². The van der Waals surface area contributed by atoms with Crippen LogP contribution >= 0.6 is 11.3 Å². The predicted molar refractivity (Wildman–Crippen MR) is 84.1 cm³/mol. The molecule has 2 aromatic rings. The maximum absolute atomic E-state index is 12.5. The van der Waals surface area contributed by atoms with Gasteiger partial charge in [0.15, 0.2) is 0 Å². The number of thiophene rings is 1. The van der Waals surface area contributed by atoms with Crippen LogP contribution in [0.2, 0.25) is 0 Å². The van der Waals surface area contributed by atoms with Crippen molar-refractivity contribution < 1.29 is 4.79 Å². The molecule has 1 fully saturated rings. The van der Waals surface area contributed by atoms with Crippen LogP contribution in [0.4, 0.5) is 0 Å². The van der Waals surface area contributed by atoms with E-state index >= 15 is 0 Å². The van der Waals surface area contributed by atoms with Gasteiger partial charge in [-0.2, -0.15) is 0 Å². The Labute approximate surface area is 123 Å². The SMILES string of the molecule is NCC1CCCCC1NC(=O)c1csc2ccccc12. The fourth-order valence-corrected chi connectivity index (χ4v) is 4.02. The quantitative estimate of drug-likeness (QED) is 0.911. The Balaban J connectivity index is 1.78. The molecule has 20 heavy (non-hydrogen) atoms. The molecular formula is C16H20N2OS. The molecule has 1 aliphatic carbocycles. The van der Waals surface area contributed by atoms with Crippen molar-refractivity contribution in [2.24, 2.45) is 11.7 Å². The van der Waals surface area contributed by atoms with Gasteiger partial charge in [-0.3, -0.25) is 4.79 Å². The van der Waals surface area contributed by atoms with Crippen LogP contribution in [0.5, 0.6) is 0 Å². The summed E-state index contributed by atoms with van der Waals surface area (Å²) in [5.74, 6) is 0.477. The molecule has 106 valence electrons. The highest BCUT2D eigenvalue weighted by Crippen LogP contribution is 2.27. The number of carbonyl (C=O) groups is 1. The van der Waals surface area contributed by atoms with Gasteiger partial charge in [0, 0.05) is 21.5 Å². The molecule has 0 radical (unpaired) electrons. The van der Waals surface area contributed by atoms with Crippen molar-refractivity contribution in [3.8, 4) is 0 Å². The molecule has 0 spiro atoms. The van der Waals surface area contributed by atoms with E-state index < -0.39 is 0 Å².